The van der Waals surface area contributed by atoms with Crippen LogP contribution in [-0.2, 0) is 21.3 Å². The number of nitrogens with one attached hydrogen (secondary N) is 2. The Morgan fingerprint density at radius 3 is 2.48 bits per heavy atom. The highest BCUT2D eigenvalue weighted by molar-refractivity contribution is 7.90. The van der Waals surface area contributed by atoms with E-state index < -0.39 is 37.1 Å². The van der Waals surface area contributed by atoms with E-state index >= 15 is 4.39 Å². The average Bonchev–Trinajstić information content (AvgIpc) is 3.74. The van der Waals surface area contributed by atoms with Crippen LogP contribution in [0.15, 0.2) is 94.3 Å². The molecule has 0 atom stereocenters. The minimum absolute atomic E-state index is 0.0485. The average molecular weight is 885 g/mol. The van der Waals surface area contributed by atoms with Crippen LogP contribution in [0.5, 0.6) is 11.5 Å². The number of piperazine rings is 1. The molecular formula is C46H50ClFN6O7S. The van der Waals surface area contributed by atoms with Gasteiger partial charge in [0.1, 0.15) is 22.9 Å². The summed E-state index contributed by atoms with van der Waals surface area (Å²) in [4.78, 5) is 33.8. The predicted molar refractivity (Wildman–Crippen MR) is 239 cm³/mol. The summed E-state index contributed by atoms with van der Waals surface area (Å²) in [6.07, 6.45) is 5.13. The van der Waals surface area contributed by atoms with Crippen molar-refractivity contribution in [3.63, 3.8) is 0 Å². The van der Waals surface area contributed by atoms with Gasteiger partial charge in [-0.15, -0.1) is 0 Å². The summed E-state index contributed by atoms with van der Waals surface area (Å²) in [5.41, 5.74) is 4.51. The Hall–Kier alpha value is -5.35. The van der Waals surface area contributed by atoms with E-state index in [0.29, 0.717) is 25.4 Å². The summed E-state index contributed by atoms with van der Waals surface area (Å²) in [7, 11) is -4.63. The summed E-state index contributed by atoms with van der Waals surface area (Å²) in [5.74, 6) is -0.396. The number of sulfonamides is 1. The molecule has 0 spiro atoms. The van der Waals surface area contributed by atoms with Gasteiger partial charge in [-0.2, -0.15) is 0 Å². The van der Waals surface area contributed by atoms with Gasteiger partial charge in [0.2, 0.25) is 0 Å². The number of anilines is 2. The molecule has 2 N–H and O–H groups in total. The number of carbonyl (C=O) groups is 1. The van der Waals surface area contributed by atoms with E-state index in [1.54, 1.807) is 24.4 Å². The van der Waals surface area contributed by atoms with Crippen molar-refractivity contribution in [2.75, 3.05) is 62.7 Å². The lowest BCUT2D eigenvalue weighted by atomic mass is 9.72. The molecule has 4 aromatic carbocycles. The number of alkyl halides is 1. The van der Waals surface area contributed by atoms with Gasteiger partial charge in [0.25, 0.3) is 21.6 Å². The number of hydrogen-bond acceptors (Lipinski definition) is 11. The Balaban J connectivity index is 1.01. The monoisotopic (exact) mass is 884 g/mol. The minimum Gasteiger partial charge on any atom is -0.456 e. The lowest BCUT2D eigenvalue weighted by Crippen LogP contribution is -2.47. The number of nitro benzene ring substituents is 1. The van der Waals surface area contributed by atoms with Gasteiger partial charge in [-0.05, 0) is 83.8 Å². The fourth-order valence-electron chi connectivity index (χ4n) is 8.58. The van der Waals surface area contributed by atoms with Crippen molar-refractivity contribution in [1.82, 2.24) is 9.62 Å². The molecule has 8 rings (SSSR count). The van der Waals surface area contributed by atoms with E-state index in [-0.39, 0.29) is 55.0 Å². The molecular weight excluding hydrogens is 835 g/mol. The Morgan fingerprint density at radius 2 is 1.74 bits per heavy atom. The standard InChI is InChI=1S/C46H50ClFN6O7S/c1-45(2)15-14-33(38(26-45)31-6-8-34(47)9-7-31)29-52-18-20-53(21-19-52)35-10-12-37(43(24-35)61-42-5-3-4-32-27-49-28-39(32)42)44(55)51-62(58,59)36-11-13-40(41(25-36)54(56)57)50-30-46(48)16-22-60-23-17-46/h3-13,24-25,28,50H,14-23,26-27,29-30H2,1-2H3,(H,51,55). The lowest BCUT2D eigenvalue weighted by molar-refractivity contribution is -0.384. The SMILES string of the molecule is CC1(C)CCC(CN2CCN(c3ccc(C(=O)NS(=O)(=O)c4ccc(NCC5(F)CCOCC5)c([N+](=O)[O-])c4)c(Oc4cccc5c4C=NC5)c3)CC2)=C(c2ccc(Cl)cc2)C1. The number of carbonyl (C=O) groups excluding carboxylic acids is 1. The quantitative estimate of drug-likeness (QED) is 0.0983. The van der Waals surface area contributed by atoms with Gasteiger partial charge in [-0.3, -0.25) is 24.8 Å². The Labute approximate surface area is 366 Å². The lowest BCUT2D eigenvalue weighted by Gasteiger charge is -2.39. The molecule has 0 unspecified atom stereocenters. The van der Waals surface area contributed by atoms with Crippen molar-refractivity contribution in [3.8, 4) is 11.5 Å². The summed E-state index contributed by atoms with van der Waals surface area (Å²) in [5, 5.41) is 15.6. The normalized spacial score (nSPS) is 18.6. The third-order valence-corrected chi connectivity index (χ3v) is 13.9. The Morgan fingerprint density at radius 1 is 0.984 bits per heavy atom. The zero-order valence-corrected chi connectivity index (χ0v) is 36.4. The van der Waals surface area contributed by atoms with Crippen LogP contribution in [-0.4, -0.2) is 88.5 Å². The highest BCUT2D eigenvalue weighted by Crippen LogP contribution is 2.44. The first kappa shape index (κ1) is 43.3. The number of amides is 1. The topological polar surface area (TPSA) is 156 Å². The number of aliphatic imine (C=N–C) groups is 1. The van der Waals surface area contributed by atoms with Gasteiger partial charge >= 0.3 is 0 Å². The predicted octanol–water partition coefficient (Wildman–Crippen LogP) is 8.81. The molecule has 3 aliphatic heterocycles. The summed E-state index contributed by atoms with van der Waals surface area (Å²) in [6.45, 7) is 9.32. The van der Waals surface area contributed by atoms with Gasteiger partial charge in [0, 0.05) is 99.9 Å². The minimum atomic E-state index is -4.63. The fourth-order valence-corrected chi connectivity index (χ4v) is 9.69. The van der Waals surface area contributed by atoms with Crippen LogP contribution < -0.4 is 19.7 Å². The third kappa shape index (κ3) is 9.81. The van der Waals surface area contributed by atoms with Crippen LogP contribution in [0.4, 0.5) is 21.5 Å². The summed E-state index contributed by atoms with van der Waals surface area (Å²) >= 11 is 6.24. The van der Waals surface area contributed by atoms with Crippen LogP contribution >= 0.6 is 11.6 Å². The smallest absolute Gasteiger partial charge is 0.293 e. The zero-order valence-electron chi connectivity index (χ0n) is 34.8. The second-order valence-corrected chi connectivity index (χ2v) is 19.4. The molecule has 3 heterocycles. The molecule has 0 bridgehead atoms. The molecule has 326 valence electrons. The first-order valence-corrected chi connectivity index (χ1v) is 22.8. The molecule has 2 saturated heterocycles. The van der Waals surface area contributed by atoms with Crippen LogP contribution in [0.25, 0.3) is 5.57 Å². The van der Waals surface area contributed by atoms with E-state index in [1.807, 2.05) is 24.3 Å². The van der Waals surface area contributed by atoms with Gasteiger partial charge < -0.3 is 19.7 Å². The molecule has 13 nitrogen and oxygen atoms in total. The molecule has 4 aromatic rings. The first-order chi connectivity index (χ1) is 29.7. The van der Waals surface area contributed by atoms with Crippen molar-refractivity contribution < 1.29 is 32.0 Å². The van der Waals surface area contributed by atoms with Crippen LogP contribution in [0, 0.1) is 15.5 Å². The summed E-state index contributed by atoms with van der Waals surface area (Å²) in [6, 6.07) is 21.9. The van der Waals surface area contributed by atoms with Crippen LogP contribution in [0.1, 0.15) is 73.0 Å². The molecule has 1 amide bonds. The Kier molecular flexibility index (Phi) is 12.4. The Bertz CT molecular complexity index is 2530. The van der Waals surface area contributed by atoms with Gasteiger partial charge in [0.15, 0.2) is 0 Å². The van der Waals surface area contributed by atoms with E-state index in [2.05, 4.69) is 50.8 Å². The van der Waals surface area contributed by atoms with E-state index in [9.17, 15) is 23.3 Å². The van der Waals surface area contributed by atoms with Gasteiger partial charge in [-0.25, -0.2) is 17.5 Å². The number of halogens is 2. The van der Waals surface area contributed by atoms with Crippen molar-refractivity contribution in [1.29, 1.82) is 0 Å². The molecule has 2 fully saturated rings. The van der Waals surface area contributed by atoms with Gasteiger partial charge in [0.05, 0.1) is 21.9 Å². The second-order valence-electron chi connectivity index (χ2n) is 17.3. The highest BCUT2D eigenvalue weighted by Gasteiger charge is 2.34. The van der Waals surface area contributed by atoms with Crippen molar-refractivity contribution in [2.24, 2.45) is 10.4 Å². The number of ether oxygens (including phenoxy) is 2. The molecule has 1 aliphatic carbocycles. The van der Waals surface area contributed by atoms with Crippen molar-refractivity contribution in [2.45, 2.75) is 63.1 Å². The maximum atomic E-state index is 15.2. The van der Waals surface area contributed by atoms with Crippen LogP contribution in [0.3, 0.4) is 0 Å². The van der Waals surface area contributed by atoms with Crippen LogP contribution in [0.2, 0.25) is 5.02 Å². The van der Waals surface area contributed by atoms with Crippen molar-refractivity contribution >= 4 is 56.4 Å². The largest absolute Gasteiger partial charge is 0.456 e. The molecule has 16 heteroatoms. The number of allylic oxidation sites excluding steroid dienone is 1. The number of hydrogen-bond donors (Lipinski definition) is 2. The summed E-state index contributed by atoms with van der Waals surface area (Å²) < 4.78 is 56.4. The fraction of sp³-hybridized carbons (Fsp3) is 0.391. The van der Waals surface area contributed by atoms with E-state index in [0.717, 1.165) is 72.9 Å². The number of nitrogens with zero attached hydrogens (tertiary/aromatic N) is 4. The maximum Gasteiger partial charge on any atom is 0.293 e. The van der Waals surface area contributed by atoms with E-state index in [4.69, 9.17) is 21.1 Å². The number of nitro groups is 1. The number of rotatable bonds is 13. The maximum absolute atomic E-state index is 15.2. The van der Waals surface area contributed by atoms with Gasteiger partial charge in [-0.1, -0.05) is 55.3 Å². The second kappa shape index (κ2) is 17.8. The zero-order chi connectivity index (χ0) is 43.6. The first-order valence-electron chi connectivity index (χ1n) is 20.9. The molecule has 62 heavy (non-hydrogen) atoms. The number of benzene rings is 4. The van der Waals surface area contributed by atoms with Crippen molar-refractivity contribution in [3.05, 3.63) is 122 Å². The molecule has 0 saturated carbocycles. The molecule has 4 aliphatic rings. The number of fused-ring (bicyclic) bond motifs is 1. The highest BCUT2D eigenvalue weighted by atomic mass is 35.5. The van der Waals surface area contributed by atoms with E-state index in [1.165, 1.54) is 28.8 Å². The molecule has 0 radical (unpaired) electrons. The molecule has 0 aromatic heterocycles. The third-order valence-electron chi connectivity index (χ3n) is 12.3.